The van der Waals surface area contributed by atoms with Gasteiger partial charge in [-0.3, -0.25) is 0 Å². The number of piperidine rings is 1. The molecule has 0 aliphatic carbocycles. The lowest BCUT2D eigenvalue weighted by atomic mass is 9.72. The van der Waals surface area contributed by atoms with Gasteiger partial charge in [0, 0.05) is 12.6 Å². The first-order valence-electron chi connectivity index (χ1n) is 5.61. The predicted molar refractivity (Wildman–Crippen MR) is 57.1 cm³/mol. The highest BCUT2D eigenvalue weighted by Gasteiger charge is 2.48. The first-order valence-corrected chi connectivity index (χ1v) is 5.61. The molecule has 15 heavy (non-hydrogen) atoms. The summed E-state index contributed by atoms with van der Waals surface area (Å²) in [4.78, 5) is 2.30. The zero-order valence-electron chi connectivity index (χ0n) is 9.28. The minimum atomic E-state index is -0.400. The van der Waals surface area contributed by atoms with E-state index in [0.29, 0.717) is 19.1 Å². The van der Waals surface area contributed by atoms with Crippen LogP contribution in [0.15, 0.2) is 0 Å². The van der Waals surface area contributed by atoms with Crippen molar-refractivity contribution in [2.75, 3.05) is 33.4 Å². The van der Waals surface area contributed by atoms with Gasteiger partial charge in [0.15, 0.2) is 0 Å². The average molecular weight is 209 g/mol. The molecule has 2 atom stereocenters. The van der Waals surface area contributed by atoms with Crippen molar-refractivity contribution in [3.63, 3.8) is 0 Å². The highest BCUT2D eigenvalue weighted by Crippen LogP contribution is 2.35. The fraction of sp³-hybridized carbons (Fsp3) is 0.909. The number of rotatable bonds is 2. The van der Waals surface area contributed by atoms with Crippen LogP contribution in [0.2, 0.25) is 0 Å². The Morgan fingerprint density at radius 1 is 1.60 bits per heavy atom. The number of nitriles is 1. The van der Waals surface area contributed by atoms with E-state index in [2.05, 4.69) is 18.0 Å². The second-order valence-electron chi connectivity index (χ2n) is 4.95. The molecule has 2 heterocycles. The molecule has 0 amide bonds. The number of nitrogens with zero attached hydrogens (tertiary/aromatic N) is 2. The molecule has 2 saturated heterocycles. The zero-order valence-corrected chi connectivity index (χ0v) is 9.28. The molecule has 0 aromatic rings. The summed E-state index contributed by atoms with van der Waals surface area (Å²) in [5, 5.41) is 9.18. The van der Waals surface area contributed by atoms with Gasteiger partial charge in [0.05, 0.1) is 19.3 Å². The van der Waals surface area contributed by atoms with E-state index in [1.165, 1.54) is 6.42 Å². The van der Waals surface area contributed by atoms with Crippen molar-refractivity contribution in [2.24, 2.45) is 17.1 Å². The third kappa shape index (κ3) is 1.87. The smallest absolute Gasteiger partial charge is 0.119 e. The lowest BCUT2D eigenvalue weighted by Crippen LogP contribution is -2.59. The van der Waals surface area contributed by atoms with Crippen LogP contribution in [0, 0.1) is 22.7 Å². The van der Waals surface area contributed by atoms with Crippen LogP contribution in [0.3, 0.4) is 0 Å². The van der Waals surface area contributed by atoms with Gasteiger partial charge in [0.1, 0.15) is 5.41 Å². The van der Waals surface area contributed by atoms with Gasteiger partial charge >= 0.3 is 0 Å². The molecule has 0 bridgehead atoms. The summed E-state index contributed by atoms with van der Waals surface area (Å²) in [6.07, 6.45) is 2.34. The maximum Gasteiger partial charge on any atom is 0.119 e. The van der Waals surface area contributed by atoms with E-state index in [1.54, 1.807) is 0 Å². The van der Waals surface area contributed by atoms with Crippen LogP contribution in [0.4, 0.5) is 0 Å². The van der Waals surface area contributed by atoms with Gasteiger partial charge in [-0.25, -0.2) is 0 Å². The SMILES string of the molecule is CN1CCCC(C(N)C2(C#N)COC2)C1. The molecule has 2 unspecified atom stereocenters. The maximum atomic E-state index is 9.18. The van der Waals surface area contributed by atoms with Crippen molar-refractivity contribution in [3.05, 3.63) is 0 Å². The van der Waals surface area contributed by atoms with Crippen LogP contribution >= 0.6 is 0 Å². The van der Waals surface area contributed by atoms with Gasteiger partial charge in [-0.05, 0) is 32.4 Å². The minimum absolute atomic E-state index is 0.0287. The molecule has 0 aromatic heterocycles. The summed E-state index contributed by atoms with van der Waals surface area (Å²) >= 11 is 0. The van der Waals surface area contributed by atoms with Crippen LogP contribution in [0.1, 0.15) is 12.8 Å². The van der Waals surface area contributed by atoms with Crippen LogP contribution in [0.5, 0.6) is 0 Å². The first-order chi connectivity index (χ1) is 7.18. The Hall–Kier alpha value is -0.630. The highest BCUT2D eigenvalue weighted by molar-refractivity contribution is 5.11. The number of hydrogen-bond acceptors (Lipinski definition) is 4. The monoisotopic (exact) mass is 209 g/mol. The lowest BCUT2D eigenvalue weighted by molar-refractivity contribution is -0.103. The summed E-state index contributed by atoms with van der Waals surface area (Å²) < 4.78 is 5.15. The second kappa shape index (κ2) is 4.09. The quantitative estimate of drug-likeness (QED) is 0.705. The average Bonchev–Trinajstić information content (AvgIpc) is 2.17. The third-order valence-corrected chi connectivity index (χ3v) is 3.75. The van der Waals surface area contributed by atoms with Crippen molar-refractivity contribution in [2.45, 2.75) is 18.9 Å². The predicted octanol–water partition coefficient (Wildman–Crippen LogP) is 0.196. The topological polar surface area (TPSA) is 62.3 Å². The van der Waals surface area contributed by atoms with Gasteiger partial charge in [-0.2, -0.15) is 5.26 Å². The normalized spacial score (nSPS) is 32.7. The number of ether oxygens (including phenoxy) is 1. The molecule has 2 fully saturated rings. The largest absolute Gasteiger partial charge is 0.378 e. The van der Waals surface area contributed by atoms with Crippen molar-refractivity contribution < 1.29 is 4.74 Å². The Labute approximate surface area is 91.0 Å². The van der Waals surface area contributed by atoms with E-state index in [-0.39, 0.29) is 6.04 Å². The molecule has 4 heteroatoms. The molecule has 0 radical (unpaired) electrons. The number of hydrogen-bond donors (Lipinski definition) is 1. The van der Waals surface area contributed by atoms with E-state index in [9.17, 15) is 5.26 Å². The Morgan fingerprint density at radius 2 is 2.33 bits per heavy atom. The molecule has 2 N–H and O–H groups in total. The Balaban J connectivity index is 2.00. The number of nitrogens with two attached hydrogens (primary N) is 1. The Kier molecular flexibility index (Phi) is 2.96. The van der Waals surface area contributed by atoms with Gasteiger partial charge in [0.2, 0.25) is 0 Å². The lowest BCUT2D eigenvalue weighted by Gasteiger charge is -2.45. The van der Waals surface area contributed by atoms with Gasteiger partial charge < -0.3 is 15.4 Å². The molecule has 84 valence electrons. The summed E-state index contributed by atoms with van der Waals surface area (Å²) in [6, 6.07) is 2.33. The van der Waals surface area contributed by atoms with E-state index in [4.69, 9.17) is 10.5 Å². The number of likely N-dealkylation sites (tertiary alicyclic amines) is 1. The van der Waals surface area contributed by atoms with Crippen LogP contribution in [-0.4, -0.2) is 44.3 Å². The fourth-order valence-corrected chi connectivity index (χ4v) is 2.60. The van der Waals surface area contributed by atoms with E-state index >= 15 is 0 Å². The molecule has 0 saturated carbocycles. The molecule has 0 aromatic carbocycles. The van der Waals surface area contributed by atoms with Gasteiger partial charge in [-0.15, -0.1) is 0 Å². The molecular formula is C11H19N3O. The molecule has 2 aliphatic heterocycles. The second-order valence-corrected chi connectivity index (χ2v) is 4.95. The zero-order chi connectivity index (χ0) is 10.9. The third-order valence-electron chi connectivity index (χ3n) is 3.75. The fourth-order valence-electron chi connectivity index (χ4n) is 2.60. The Bertz CT molecular complexity index is 269. The highest BCUT2D eigenvalue weighted by atomic mass is 16.5. The molecule has 0 spiro atoms. The van der Waals surface area contributed by atoms with Crippen LogP contribution in [0.25, 0.3) is 0 Å². The molecular weight excluding hydrogens is 190 g/mol. The first kappa shape index (κ1) is 10.9. The Morgan fingerprint density at radius 3 is 2.80 bits per heavy atom. The van der Waals surface area contributed by atoms with Gasteiger partial charge in [-0.1, -0.05) is 0 Å². The van der Waals surface area contributed by atoms with Crippen molar-refractivity contribution >= 4 is 0 Å². The van der Waals surface area contributed by atoms with Crippen molar-refractivity contribution in [1.82, 2.24) is 4.90 Å². The van der Waals surface area contributed by atoms with Gasteiger partial charge in [0.25, 0.3) is 0 Å². The maximum absolute atomic E-state index is 9.18. The van der Waals surface area contributed by atoms with Crippen molar-refractivity contribution in [3.8, 4) is 6.07 Å². The van der Waals surface area contributed by atoms with Crippen LogP contribution in [-0.2, 0) is 4.74 Å². The summed E-state index contributed by atoms with van der Waals surface area (Å²) in [5.74, 6) is 0.451. The van der Waals surface area contributed by atoms with E-state index in [0.717, 1.165) is 19.5 Å². The molecule has 2 rings (SSSR count). The van der Waals surface area contributed by atoms with E-state index in [1.807, 2.05) is 0 Å². The molecule has 4 nitrogen and oxygen atoms in total. The molecule has 2 aliphatic rings. The minimum Gasteiger partial charge on any atom is -0.378 e. The summed E-state index contributed by atoms with van der Waals surface area (Å²) in [5.41, 5.74) is 5.83. The summed E-state index contributed by atoms with van der Waals surface area (Å²) in [6.45, 7) is 3.21. The summed E-state index contributed by atoms with van der Waals surface area (Å²) in [7, 11) is 2.12. The van der Waals surface area contributed by atoms with E-state index < -0.39 is 5.41 Å². The van der Waals surface area contributed by atoms with Crippen LogP contribution < -0.4 is 5.73 Å². The standard InChI is InChI=1S/C11H19N3O/c1-14-4-2-3-9(5-14)10(13)11(6-12)7-15-8-11/h9-10H,2-5,7-8,13H2,1H3. The van der Waals surface area contributed by atoms with Crippen molar-refractivity contribution in [1.29, 1.82) is 5.26 Å².